The molecule has 3 aliphatic rings. The average Bonchev–Trinajstić information content (AvgIpc) is 3.47. The summed E-state index contributed by atoms with van der Waals surface area (Å²) in [6, 6.07) is 6.69. The van der Waals surface area contributed by atoms with Gasteiger partial charge in [-0.15, -0.1) is 0 Å². The normalized spacial score (nSPS) is 26.0. The Labute approximate surface area is 208 Å². The van der Waals surface area contributed by atoms with Gasteiger partial charge in [0.1, 0.15) is 23.6 Å². The Hall–Kier alpha value is -2.34. The van der Waals surface area contributed by atoms with Gasteiger partial charge >= 0.3 is 0 Å². The number of nitrogens with zero attached hydrogens (tertiary/aromatic N) is 1. The zero-order valence-corrected chi connectivity index (χ0v) is 20.0. The maximum absolute atomic E-state index is 15.7. The molecule has 1 spiro atoms. The predicted molar refractivity (Wildman–Crippen MR) is 122 cm³/mol. The fraction of sp³-hybridized carbons (Fsp3) is 0.480. The van der Waals surface area contributed by atoms with Crippen LogP contribution in [0.5, 0.6) is 0 Å². The summed E-state index contributed by atoms with van der Waals surface area (Å²) in [7, 11) is 0. The van der Waals surface area contributed by atoms with E-state index in [-0.39, 0.29) is 40.9 Å². The summed E-state index contributed by atoms with van der Waals surface area (Å²) in [4.78, 5) is 14.9. The van der Waals surface area contributed by atoms with Gasteiger partial charge in [0.05, 0.1) is 6.61 Å². The van der Waals surface area contributed by atoms with E-state index in [1.165, 1.54) is 12.1 Å². The van der Waals surface area contributed by atoms with Crippen LogP contribution in [0.4, 0.5) is 17.6 Å². The summed E-state index contributed by atoms with van der Waals surface area (Å²) < 4.78 is 87.0. The van der Waals surface area contributed by atoms with Crippen LogP contribution >= 0.6 is 0 Å². The lowest BCUT2D eigenvalue weighted by atomic mass is 9.82. The summed E-state index contributed by atoms with van der Waals surface area (Å²) in [6.45, 7) is 0.834. The van der Waals surface area contributed by atoms with Crippen LogP contribution < -0.4 is 4.72 Å². The number of carbonyl (C=O) groups is 1. The van der Waals surface area contributed by atoms with E-state index in [1.807, 2.05) is 4.72 Å². The summed E-state index contributed by atoms with van der Waals surface area (Å²) in [5.41, 5.74) is -0.1000. The number of halogens is 4. The molecule has 2 heterocycles. The number of alkyl halides is 1. The highest BCUT2D eigenvalue weighted by molar-refractivity contribution is 7.77. The fourth-order valence-corrected chi connectivity index (χ4v) is 5.98. The van der Waals surface area contributed by atoms with Gasteiger partial charge in [-0.1, -0.05) is 18.2 Å². The Kier molecular flexibility index (Phi) is 6.92. The van der Waals surface area contributed by atoms with Crippen LogP contribution in [0.25, 0.3) is 11.1 Å². The smallest absolute Gasteiger partial charge is 0.252 e. The number of ether oxygens (including phenoxy) is 1. The third kappa shape index (κ3) is 4.93. The first kappa shape index (κ1) is 25.3. The van der Waals surface area contributed by atoms with Gasteiger partial charge in [0.2, 0.25) is 0 Å². The molecule has 1 saturated carbocycles. The van der Waals surface area contributed by atoms with Gasteiger partial charge in [-0.3, -0.25) is 9.00 Å². The topological polar surface area (TPSA) is 81.7 Å². The Morgan fingerprint density at radius 1 is 1.22 bits per heavy atom. The summed E-state index contributed by atoms with van der Waals surface area (Å²) in [5.74, 6) is -3.01. The van der Waals surface area contributed by atoms with Crippen LogP contribution in [-0.2, 0) is 27.2 Å². The number of amides is 1. The maximum atomic E-state index is 15.7. The molecule has 6 nitrogen and oxygen atoms in total. The highest BCUT2D eigenvalue weighted by Gasteiger charge is 2.61. The van der Waals surface area contributed by atoms with E-state index in [9.17, 15) is 26.7 Å². The molecular weight excluding hydrogens is 500 g/mol. The van der Waals surface area contributed by atoms with Crippen molar-refractivity contribution < 1.29 is 35.9 Å². The molecule has 36 heavy (non-hydrogen) atoms. The quantitative estimate of drug-likeness (QED) is 0.323. The van der Waals surface area contributed by atoms with E-state index >= 15 is 4.39 Å². The van der Waals surface area contributed by atoms with Gasteiger partial charge in [-0.25, -0.2) is 22.3 Å². The number of carbonyl (C=O) groups excluding carboxylic acids is 1. The van der Waals surface area contributed by atoms with Crippen molar-refractivity contribution in [2.45, 2.75) is 50.5 Å². The number of hydrogen-bond acceptors (Lipinski definition) is 4. The minimum atomic E-state index is -2.80. The average molecular weight is 526 g/mol. The Morgan fingerprint density at radius 3 is 2.50 bits per heavy atom. The minimum absolute atomic E-state index is 0.00794. The molecule has 3 fully saturated rings. The largest absolute Gasteiger partial charge is 0.760 e. The molecule has 1 amide bonds. The predicted octanol–water partition coefficient (Wildman–Crippen LogP) is 3.78. The molecular formula is C25H25F4N2O4S-. The third-order valence-electron chi connectivity index (χ3n) is 7.65. The molecule has 0 radical (unpaired) electrons. The zero-order chi connectivity index (χ0) is 25.6. The van der Waals surface area contributed by atoms with Crippen LogP contribution in [0.1, 0.15) is 31.2 Å². The number of benzene rings is 2. The lowest BCUT2D eigenvalue weighted by Crippen LogP contribution is -2.49. The van der Waals surface area contributed by atoms with Crippen molar-refractivity contribution in [3.8, 4) is 11.1 Å². The maximum Gasteiger partial charge on any atom is 0.252 e. The van der Waals surface area contributed by atoms with Gasteiger partial charge < -0.3 is 14.2 Å². The van der Waals surface area contributed by atoms with E-state index in [4.69, 9.17) is 4.74 Å². The van der Waals surface area contributed by atoms with Crippen molar-refractivity contribution in [1.29, 1.82) is 0 Å². The molecule has 5 atom stereocenters. The van der Waals surface area contributed by atoms with Crippen molar-refractivity contribution in [3.05, 3.63) is 59.4 Å². The van der Waals surface area contributed by atoms with Crippen LogP contribution in [0.3, 0.4) is 0 Å². The summed E-state index contributed by atoms with van der Waals surface area (Å²) in [5, 5.41) is 0. The van der Waals surface area contributed by atoms with Gasteiger partial charge in [-0.05, 0) is 60.3 Å². The first-order chi connectivity index (χ1) is 17.2. The monoisotopic (exact) mass is 525 g/mol. The molecule has 11 heteroatoms. The highest BCUT2D eigenvalue weighted by Crippen LogP contribution is 2.60. The standard InChI is InChI=1S/C25H26F4N2O4S/c26-16-8-15(9-17(27)11-16)18-3-1-2-14(23(18)29)10-20-19(12-22(28)30-36(33)34)25(5-6-25)13-31(20)24(32)21-4-7-35-21/h1-3,8-9,11,19-22,30H,4-7,10,12-13H2,(H,33,34)/p-1/t19-,20+,21-,22?/m1/s1. The second-order valence-electron chi connectivity index (χ2n) is 9.85. The molecule has 1 aliphatic carbocycles. The molecule has 2 unspecified atom stereocenters. The SMILES string of the molecule is O=C([C@H]1CCO1)N1CC2(CC2)[C@H](CC(F)NS(=O)[O-])[C@@H]1Cc1cccc(-c2cc(F)cc(F)c2)c1F. The van der Waals surface area contributed by atoms with Gasteiger partial charge in [0, 0.05) is 41.9 Å². The molecule has 2 saturated heterocycles. The second kappa shape index (κ2) is 9.85. The van der Waals surface area contributed by atoms with E-state index in [0.29, 0.717) is 25.6 Å². The zero-order valence-electron chi connectivity index (χ0n) is 19.2. The molecule has 2 aliphatic heterocycles. The molecule has 194 valence electrons. The second-order valence-corrected chi connectivity index (χ2v) is 10.6. The first-order valence-corrected chi connectivity index (χ1v) is 12.9. The van der Waals surface area contributed by atoms with Gasteiger partial charge in [0.25, 0.3) is 5.91 Å². The molecule has 1 N–H and O–H groups in total. The number of rotatable bonds is 8. The molecule has 2 aromatic rings. The van der Waals surface area contributed by atoms with Crippen LogP contribution in [0.15, 0.2) is 36.4 Å². The third-order valence-corrected chi connectivity index (χ3v) is 8.10. The van der Waals surface area contributed by atoms with Crippen molar-refractivity contribution in [2.24, 2.45) is 11.3 Å². The Balaban J connectivity index is 1.48. The fourth-order valence-electron chi connectivity index (χ4n) is 5.68. The van der Waals surface area contributed by atoms with Crippen LogP contribution in [-0.4, -0.2) is 51.2 Å². The summed E-state index contributed by atoms with van der Waals surface area (Å²) in [6.07, 6.45) is -0.503. The van der Waals surface area contributed by atoms with E-state index in [0.717, 1.165) is 25.0 Å². The minimum Gasteiger partial charge on any atom is -0.760 e. The van der Waals surface area contributed by atoms with E-state index < -0.39 is 53.1 Å². The number of hydrogen-bond donors (Lipinski definition) is 1. The van der Waals surface area contributed by atoms with Gasteiger partial charge in [-0.2, -0.15) is 0 Å². The Bertz CT molecular complexity index is 1170. The van der Waals surface area contributed by atoms with E-state index in [1.54, 1.807) is 11.0 Å². The summed E-state index contributed by atoms with van der Waals surface area (Å²) >= 11 is -2.80. The lowest BCUT2D eigenvalue weighted by Gasteiger charge is -2.35. The van der Waals surface area contributed by atoms with Crippen molar-refractivity contribution in [3.63, 3.8) is 0 Å². The Morgan fingerprint density at radius 2 is 1.92 bits per heavy atom. The van der Waals surface area contributed by atoms with Crippen LogP contribution in [0.2, 0.25) is 0 Å². The molecule has 2 aromatic carbocycles. The molecule has 5 rings (SSSR count). The highest BCUT2D eigenvalue weighted by atomic mass is 32.2. The van der Waals surface area contributed by atoms with E-state index in [2.05, 4.69) is 0 Å². The number of nitrogens with one attached hydrogen (secondary N) is 1. The van der Waals surface area contributed by atoms with Crippen molar-refractivity contribution in [1.82, 2.24) is 9.62 Å². The van der Waals surface area contributed by atoms with Crippen molar-refractivity contribution >= 4 is 17.2 Å². The van der Waals surface area contributed by atoms with Gasteiger partial charge in [0.15, 0.2) is 6.30 Å². The van der Waals surface area contributed by atoms with Crippen LogP contribution in [0, 0.1) is 28.8 Å². The number of likely N-dealkylation sites (tertiary alicyclic amines) is 1. The lowest BCUT2D eigenvalue weighted by molar-refractivity contribution is -0.157. The first-order valence-electron chi connectivity index (χ1n) is 11.8. The molecule has 0 bridgehead atoms. The van der Waals surface area contributed by atoms with Crippen molar-refractivity contribution in [2.75, 3.05) is 13.2 Å². The molecule has 0 aromatic heterocycles.